The van der Waals surface area contributed by atoms with Crippen molar-refractivity contribution in [1.82, 2.24) is 0 Å². The molecule has 0 heterocycles. The summed E-state index contributed by atoms with van der Waals surface area (Å²) in [4.78, 5) is 10.7. The molecule has 0 unspecified atom stereocenters. The van der Waals surface area contributed by atoms with Gasteiger partial charge in [-0.05, 0) is 19.3 Å². The maximum atomic E-state index is 10.7. The van der Waals surface area contributed by atoms with Crippen molar-refractivity contribution in [3.8, 4) is 0 Å². The predicted octanol–water partition coefficient (Wildman–Crippen LogP) is 1.54. The van der Waals surface area contributed by atoms with E-state index in [1.807, 2.05) is 6.92 Å². The van der Waals surface area contributed by atoms with Crippen LogP contribution in [-0.2, 0) is 14.6 Å². The van der Waals surface area contributed by atoms with Crippen LogP contribution >= 0.6 is 0 Å². The van der Waals surface area contributed by atoms with Crippen LogP contribution in [-0.4, -0.2) is 19.2 Å². The molecule has 0 rings (SSSR count). The quantitative estimate of drug-likeness (QED) is 0.436. The highest BCUT2D eigenvalue weighted by molar-refractivity contribution is 5.69. The summed E-state index contributed by atoms with van der Waals surface area (Å²) in [5.74, 6) is -0.154. The second kappa shape index (κ2) is 7.54. The minimum absolute atomic E-state index is 0.0780. The van der Waals surface area contributed by atoms with Crippen LogP contribution in [0.4, 0.5) is 0 Å². The van der Waals surface area contributed by atoms with E-state index in [4.69, 9.17) is 4.74 Å². The molecule has 1 radical (unpaired) electrons. The first kappa shape index (κ1) is 10.4. The predicted molar refractivity (Wildman–Crippen MR) is 40.7 cm³/mol. The highest BCUT2D eigenvalue weighted by Crippen LogP contribution is 1.94. The van der Waals surface area contributed by atoms with Crippen molar-refractivity contribution < 1.29 is 14.6 Å². The van der Waals surface area contributed by atoms with Gasteiger partial charge in [0.2, 0.25) is 0 Å². The first-order valence-electron chi connectivity index (χ1n) is 4.05. The molecule has 0 aromatic rings. The van der Waals surface area contributed by atoms with Crippen LogP contribution in [0.15, 0.2) is 0 Å². The van der Waals surface area contributed by atoms with Crippen LogP contribution in [0.1, 0.15) is 32.6 Å². The molecule has 0 saturated heterocycles. The SMILES string of the molecule is CCCC(=O)OCCCC[O]. The van der Waals surface area contributed by atoms with Gasteiger partial charge in [0.1, 0.15) is 0 Å². The van der Waals surface area contributed by atoms with E-state index >= 15 is 0 Å². The monoisotopic (exact) mass is 159 g/mol. The Labute approximate surface area is 67.4 Å². The maximum absolute atomic E-state index is 10.7. The Balaban J connectivity index is 3.04. The molecule has 11 heavy (non-hydrogen) atoms. The zero-order chi connectivity index (χ0) is 8.53. The minimum Gasteiger partial charge on any atom is -0.466 e. The molecule has 0 amide bonds. The van der Waals surface area contributed by atoms with Crippen LogP contribution in [0.3, 0.4) is 0 Å². The molecule has 0 saturated carbocycles. The molecule has 0 aliphatic carbocycles. The number of carbonyl (C=O) groups excluding carboxylic acids is 1. The van der Waals surface area contributed by atoms with Crippen LogP contribution in [0.25, 0.3) is 0 Å². The number of esters is 1. The standard InChI is InChI=1S/C8H15O3/c1-2-5-8(10)11-7-4-3-6-9/h2-7H2,1H3. The van der Waals surface area contributed by atoms with Crippen LogP contribution < -0.4 is 0 Å². The van der Waals surface area contributed by atoms with Gasteiger partial charge in [0.15, 0.2) is 0 Å². The maximum Gasteiger partial charge on any atom is 0.305 e. The largest absolute Gasteiger partial charge is 0.466 e. The molecule has 0 fully saturated rings. The summed E-state index contributed by atoms with van der Waals surface area (Å²) in [7, 11) is 0. The molecule has 0 aromatic heterocycles. The van der Waals surface area contributed by atoms with Gasteiger partial charge in [-0.2, -0.15) is 0 Å². The molecule has 0 bridgehead atoms. The first-order chi connectivity index (χ1) is 5.31. The van der Waals surface area contributed by atoms with E-state index in [0.29, 0.717) is 25.9 Å². The van der Waals surface area contributed by atoms with Gasteiger partial charge in [0.25, 0.3) is 0 Å². The number of hydrogen-bond donors (Lipinski definition) is 0. The lowest BCUT2D eigenvalue weighted by molar-refractivity contribution is -0.143. The van der Waals surface area contributed by atoms with Crippen molar-refractivity contribution in [3.05, 3.63) is 0 Å². The van der Waals surface area contributed by atoms with Crippen molar-refractivity contribution >= 4 is 5.97 Å². The average molecular weight is 159 g/mol. The Morgan fingerprint density at radius 3 is 2.64 bits per heavy atom. The van der Waals surface area contributed by atoms with Crippen LogP contribution in [0.5, 0.6) is 0 Å². The number of hydrogen-bond acceptors (Lipinski definition) is 2. The van der Waals surface area contributed by atoms with Gasteiger partial charge in [-0.25, -0.2) is 5.11 Å². The van der Waals surface area contributed by atoms with Crippen molar-refractivity contribution in [2.75, 3.05) is 13.2 Å². The van der Waals surface area contributed by atoms with E-state index in [-0.39, 0.29) is 12.6 Å². The van der Waals surface area contributed by atoms with Gasteiger partial charge in [-0.15, -0.1) is 0 Å². The van der Waals surface area contributed by atoms with Crippen molar-refractivity contribution in [2.24, 2.45) is 0 Å². The number of ether oxygens (including phenoxy) is 1. The fourth-order valence-corrected chi connectivity index (χ4v) is 0.666. The van der Waals surface area contributed by atoms with Crippen molar-refractivity contribution in [3.63, 3.8) is 0 Å². The van der Waals surface area contributed by atoms with E-state index in [9.17, 15) is 9.90 Å². The van der Waals surface area contributed by atoms with E-state index in [0.717, 1.165) is 6.42 Å². The van der Waals surface area contributed by atoms with E-state index < -0.39 is 0 Å². The smallest absolute Gasteiger partial charge is 0.305 e. The Morgan fingerprint density at radius 2 is 2.09 bits per heavy atom. The average Bonchev–Trinajstić information content (AvgIpc) is 1.99. The summed E-state index contributed by atoms with van der Waals surface area (Å²) in [6.07, 6.45) is 2.59. The van der Waals surface area contributed by atoms with Gasteiger partial charge in [0, 0.05) is 6.42 Å². The second-order valence-corrected chi connectivity index (χ2v) is 2.38. The Morgan fingerprint density at radius 1 is 1.36 bits per heavy atom. The van der Waals surface area contributed by atoms with E-state index in [1.54, 1.807) is 0 Å². The number of carbonyl (C=O) groups is 1. The molecule has 0 spiro atoms. The summed E-state index contributed by atoms with van der Waals surface area (Å²) in [5.41, 5.74) is 0. The molecule has 0 N–H and O–H groups in total. The molecule has 0 aromatic carbocycles. The third-order valence-corrected chi connectivity index (χ3v) is 1.26. The fourth-order valence-electron chi connectivity index (χ4n) is 0.666. The minimum atomic E-state index is -0.154. The van der Waals surface area contributed by atoms with E-state index in [2.05, 4.69) is 0 Å². The lowest BCUT2D eigenvalue weighted by atomic mass is 10.3. The highest BCUT2D eigenvalue weighted by atomic mass is 16.5. The Bertz CT molecular complexity index is 102. The van der Waals surface area contributed by atoms with Crippen LogP contribution in [0.2, 0.25) is 0 Å². The number of rotatable bonds is 6. The third kappa shape index (κ3) is 7.33. The lowest BCUT2D eigenvalue weighted by Gasteiger charge is -2.01. The summed E-state index contributed by atoms with van der Waals surface area (Å²) in [5, 5.41) is 9.96. The van der Waals surface area contributed by atoms with E-state index in [1.165, 1.54) is 0 Å². The van der Waals surface area contributed by atoms with Gasteiger partial charge < -0.3 is 4.74 Å². The Hall–Kier alpha value is -0.570. The topological polar surface area (TPSA) is 46.2 Å². The van der Waals surface area contributed by atoms with Gasteiger partial charge in [-0.1, -0.05) is 6.92 Å². The van der Waals surface area contributed by atoms with Gasteiger partial charge >= 0.3 is 5.97 Å². The Kier molecular flexibility index (Phi) is 7.15. The summed E-state index contributed by atoms with van der Waals surface area (Å²) >= 11 is 0. The zero-order valence-electron chi connectivity index (χ0n) is 6.97. The molecule has 0 aliphatic rings. The molecule has 3 heteroatoms. The molecular formula is C8H15O3. The van der Waals surface area contributed by atoms with Gasteiger partial charge in [0.05, 0.1) is 13.2 Å². The highest BCUT2D eigenvalue weighted by Gasteiger charge is 1.98. The molecule has 65 valence electrons. The molecule has 3 nitrogen and oxygen atoms in total. The zero-order valence-corrected chi connectivity index (χ0v) is 6.97. The van der Waals surface area contributed by atoms with Gasteiger partial charge in [-0.3, -0.25) is 4.79 Å². The fraction of sp³-hybridized carbons (Fsp3) is 0.875. The van der Waals surface area contributed by atoms with Crippen molar-refractivity contribution in [1.29, 1.82) is 0 Å². The molecule has 0 atom stereocenters. The third-order valence-electron chi connectivity index (χ3n) is 1.26. The lowest BCUT2D eigenvalue weighted by Crippen LogP contribution is -2.05. The molecular weight excluding hydrogens is 144 g/mol. The summed E-state index contributed by atoms with van der Waals surface area (Å²) in [6, 6.07) is 0. The first-order valence-corrected chi connectivity index (χ1v) is 4.05. The van der Waals surface area contributed by atoms with Crippen LogP contribution in [0, 0.1) is 0 Å². The normalized spacial score (nSPS) is 9.64. The molecule has 0 aliphatic heterocycles. The summed E-state index contributed by atoms with van der Waals surface area (Å²) < 4.78 is 4.81. The van der Waals surface area contributed by atoms with Crippen molar-refractivity contribution in [2.45, 2.75) is 32.6 Å². The second-order valence-electron chi connectivity index (χ2n) is 2.38. The summed E-state index contributed by atoms with van der Waals surface area (Å²) in [6.45, 7) is 2.26. The number of unbranched alkanes of at least 4 members (excludes halogenated alkanes) is 1.